The average molecular weight is 334 g/mol. The molecule has 4 rings (SSSR count). The van der Waals surface area contributed by atoms with Crippen molar-refractivity contribution in [2.75, 3.05) is 26.2 Å². The van der Waals surface area contributed by atoms with Crippen LogP contribution in [0.25, 0.3) is 0 Å². The number of hydrogen-bond acceptors (Lipinski definition) is 5. The maximum atomic E-state index is 13.1. The van der Waals surface area contributed by atoms with Crippen molar-refractivity contribution in [3.05, 3.63) is 29.6 Å². The maximum Gasteiger partial charge on any atom is 0.261 e. The number of pyridine rings is 1. The van der Waals surface area contributed by atoms with Crippen molar-refractivity contribution in [1.29, 1.82) is 0 Å². The molecule has 4 heterocycles. The molecule has 0 radical (unpaired) electrons. The first kappa shape index (κ1) is 15.2. The van der Waals surface area contributed by atoms with Gasteiger partial charge >= 0.3 is 0 Å². The van der Waals surface area contributed by atoms with Gasteiger partial charge < -0.3 is 4.90 Å². The summed E-state index contributed by atoms with van der Waals surface area (Å²) in [4.78, 5) is 10.9. The molecule has 0 N–H and O–H groups in total. The Balaban J connectivity index is 1.58. The molecule has 0 aromatic carbocycles. The molecular weight excluding hydrogens is 312 g/mol. The van der Waals surface area contributed by atoms with Gasteiger partial charge in [-0.3, -0.25) is 9.98 Å². The lowest BCUT2D eigenvalue weighted by molar-refractivity contribution is 0.259. The molecule has 2 saturated heterocycles. The number of aliphatic imine (C=N–C) groups is 1. The Hall–Kier alpha value is -1.31. The van der Waals surface area contributed by atoms with Crippen LogP contribution in [-0.2, 0) is 16.6 Å². The molecule has 7 heteroatoms. The van der Waals surface area contributed by atoms with Crippen LogP contribution < -0.4 is 0 Å². The van der Waals surface area contributed by atoms with Gasteiger partial charge in [-0.1, -0.05) is 0 Å². The van der Waals surface area contributed by atoms with Crippen LogP contribution in [0.1, 0.15) is 36.9 Å². The Morgan fingerprint density at radius 1 is 1.17 bits per heavy atom. The van der Waals surface area contributed by atoms with Crippen molar-refractivity contribution in [3.8, 4) is 0 Å². The molecule has 1 aromatic rings. The molecule has 0 aliphatic carbocycles. The van der Waals surface area contributed by atoms with Crippen molar-refractivity contribution in [1.82, 2.24) is 14.2 Å². The van der Waals surface area contributed by atoms with E-state index in [9.17, 15) is 8.42 Å². The SMILES string of the molecule is O=S(=O)(C1=NCc2ncccc21)N1CCC[C@H]1CN1CCCC1. The Bertz CT molecular complexity index is 725. The van der Waals surface area contributed by atoms with Crippen LogP contribution in [-0.4, -0.2) is 59.9 Å². The maximum absolute atomic E-state index is 13.1. The van der Waals surface area contributed by atoms with Crippen molar-refractivity contribution in [3.63, 3.8) is 0 Å². The fourth-order valence-corrected chi connectivity index (χ4v) is 5.74. The van der Waals surface area contributed by atoms with Gasteiger partial charge in [0.05, 0.1) is 12.2 Å². The first-order valence-electron chi connectivity index (χ1n) is 8.39. The van der Waals surface area contributed by atoms with E-state index in [0.29, 0.717) is 18.7 Å². The fraction of sp³-hybridized carbons (Fsp3) is 0.625. The molecule has 3 aliphatic heterocycles. The van der Waals surface area contributed by atoms with E-state index in [4.69, 9.17) is 0 Å². The number of fused-ring (bicyclic) bond motifs is 1. The molecule has 23 heavy (non-hydrogen) atoms. The summed E-state index contributed by atoms with van der Waals surface area (Å²) in [6.45, 7) is 4.02. The second-order valence-corrected chi connectivity index (χ2v) is 8.34. The highest BCUT2D eigenvalue weighted by Gasteiger charge is 2.40. The van der Waals surface area contributed by atoms with E-state index in [1.807, 2.05) is 6.07 Å². The van der Waals surface area contributed by atoms with Gasteiger partial charge in [0.25, 0.3) is 10.0 Å². The van der Waals surface area contributed by atoms with Crippen LogP contribution in [0.2, 0.25) is 0 Å². The zero-order chi connectivity index (χ0) is 15.9. The quantitative estimate of drug-likeness (QED) is 0.834. The summed E-state index contributed by atoms with van der Waals surface area (Å²) in [7, 11) is -3.53. The highest BCUT2D eigenvalue weighted by molar-refractivity contribution is 8.05. The Morgan fingerprint density at radius 2 is 2.00 bits per heavy atom. The Labute approximate surface area is 137 Å². The van der Waals surface area contributed by atoms with Crippen LogP contribution in [0.15, 0.2) is 23.3 Å². The predicted molar refractivity (Wildman–Crippen MR) is 88.8 cm³/mol. The molecule has 1 atom stereocenters. The summed E-state index contributed by atoms with van der Waals surface area (Å²) >= 11 is 0. The topological polar surface area (TPSA) is 65.9 Å². The molecule has 0 saturated carbocycles. The van der Waals surface area contributed by atoms with E-state index in [0.717, 1.165) is 38.2 Å². The normalized spacial score (nSPS) is 25.7. The lowest BCUT2D eigenvalue weighted by atomic mass is 10.2. The van der Waals surface area contributed by atoms with Crippen LogP contribution >= 0.6 is 0 Å². The summed E-state index contributed by atoms with van der Waals surface area (Å²) in [6, 6.07) is 3.68. The molecule has 0 amide bonds. The van der Waals surface area contributed by atoms with E-state index in [1.54, 1.807) is 16.6 Å². The second-order valence-electron chi connectivity index (χ2n) is 6.54. The minimum atomic E-state index is -3.53. The number of rotatable bonds is 3. The number of aromatic nitrogens is 1. The molecule has 3 aliphatic rings. The molecule has 2 fully saturated rings. The standard InChI is InChI=1S/C16H22N4O2S/c21-23(22,16-14-6-3-7-17-15(14)11-18-16)20-10-4-5-13(20)12-19-8-1-2-9-19/h3,6-7,13H,1-2,4-5,8-12H2/t13-/m0/s1. The number of sulfonamides is 1. The van der Waals surface area contributed by atoms with Gasteiger partial charge in [0, 0.05) is 30.9 Å². The summed E-state index contributed by atoms with van der Waals surface area (Å²) in [6.07, 6.45) is 6.03. The highest BCUT2D eigenvalue weighted by atomic mass is 32.2. The predicted octanol–water partition coefficient (Wildman–Crippen LogP) is 1.23. The summed E-state index contributed by atoms with van der Waals surface area (Å²) in [5.74, 6) is 0. The molecule has 6 nitrogen and oxygen atoms in total. The smallest absolute Gasteiger partial charge is 0.261 e. The van der Waals surface area contributed by atoms with Gasteiger partial charge in [0.1, 0.15) is 0 Å². The molecule has 1 aromatic heterocycles. The summed E-state index contributed by atoms with van der Waals surface area (Å²) in [5.41, 5.74) is 1.45. The van der Waals surface area contributed by atoms with E-state index < -0.39 is 10.0 Å². The van der Waals surface area contributed by atoms with E-state index in [2.05, 4.69) is 14.9 Å². The molecule has 0 bridgehead atoms. The zero-order valence-electron chi connectivity index (χ0n) is 13.2. The van der Waals surface area contributed by atoms with Gasteiger partial charge in [-0.2, -0.15) is 4.31 Å². The average Bonchev–Trinajstić information content (AvgIpc) is 3.28. The third kappa shape index (κ3) is 2.70. The lowest BCUT2D eigenvalue weighted by Gasteiger charge is -2.27. The van der Waals surface area contributed by atoms with Crippen molar-refractivity contribution in [2.45, 2.75) is 38.3 Å². The third-order valence-electron chi connectivity index (χ3n) is 5.04. The minimum Gasteiger partial charge on any atom is -0.302 e. The fourth-order valence-electron chi connectivity index (χ4n) is 3.89. The van der Waals surface area contributed by atoms with Gasteiger partial charge in [-0.05, 0) is 50.9 Å². The number of nitrogens with zero attached hydrogens (tertiary/aromatic N) is 4. The van der Waals surface area contributed by atoms with E-state index in [1.165, 1.54) is 12.8 Å². The molecule has 0 spiro atoms. The molecular formula is C16H22N4O2S. The molecule has 0 unspecified atom stereocenters. The largest absolute Gasteiger partial charge is 0.302 e. The Kier molecular flexibility index (Phi) is 3.95. The molecule has 124 valence electrons. The first-order chi connectivity index (χ1) is 11.2. The van der Waals surface area contributed by atoms with Crippen LogP contribution in [0, 0.1) is 0 Å². The van der Waals surface area contributed by atoms with Gasteiger partial charge in [-0.15, -0.1) is 0 Å². The van der Waals surface area contributed by atoms with Gasteiger partial charge in [0.15, 0.2) is 5.04 Å². The zero-order valence-corrected chi connectivity index (χ0v) is 14.0. The Morgan fingerprint density at radius 3 is 2.83 bits per heavy atom. The van der Waals surface area contributed by atoms with Gasteiger partial charge in [0.2, 0.25) is 0 Å². The van der Waals surface area contributed by atoms with Crippen molar-refractivity contribution < 1.29 is 8.42 Å². The van der Waals surface area contributed by atoms with Crippen LogP contribution in [0.5, 0.6) is 0 Å². The van der Waals surface area contributed by atoms with Crippen molar-refractivity contribution in [2.24, 2.45) is 4.99 Å². The van der Waals surface area contributed by atoms with E-state index >= 15 is 0 Å². The summed E-state index contributed by atoms with van der Waals surface area (Å²) in [5, 5.41) is 0.217. The minimum absolute atomic E-state index is 0.0847. The monoisotopic (exact) mass is 334 g/mol. The lowest BCUT2D eigenvalue weighted by Crippen LogP contribution is -2.45. The van der Waals surface area contributed by atoms with Crippen LogP contribution in [0.3, 0.4) is 0 Å². The highest BCUT2D eigenvalue weighted by Crippen LogP contribution is 2.28. The van der Waals surface area contributed by atoms with Gasteiger partial charge in [-0.25, -0.2) is 8.42 Å². The second kappa shape index (κ2) is 5.96. The van der Waals surface area contributed by atoms with Crippen LogP contribution in [0.4, 0.5) is 0 Å². The van der Waals surface area contributed by atoms with Crippen molar-refractivity contribution >= 4 is 15.1 Å². The number of likely N-dealkylation sites (tertiary alicyclic amines) is 1. The van der Waals surface area contributed by atoms with E-state index in [-0.39, 0.29) is 11.1 Å². The summed E-state index contributed by atoms with van der Waals surface area (Å²) < 4.78 is 27.9. The first-order valence-corrected chi connectivity index (χ1v) is 9.83. The number of hydrogen-bond donors (Lipinski definition) is 0. The third-order valence-corrected chi connectivity index (χ3v) is 6.97.